The van der Waals surface area contributed by atoms with E-state index in [2.05, 4.69) is 4.98 Å². The number of anilines is 1. The van der Waals surface area contributed by atoms with E-state index >= 15 is 0 Å². The maximum Gasteiger partial charge on any atom is 0.335 e. The second kappa shape index (κ2) is 4.89. The zero-order valence-corrected chi connectivity index (χ0v) is 12.0. The quantitative estimate of drug-likeness (QED) is 0.939. The van der Waals surface area contributed by atoms with Crippen LogP contribution in [0.3, 0.4) is 0 Å². The summed E-state index contributed by atoms with van der Waals surface area (Å²) in [7, 11) is 1.78. The number of carbonyl (C=O) groups is 2. The number of amides is 1. The van der Waals surface area contributed by atoms with Crippen LogP contribution in [-0.2, 0) is 24.8 Å². The highest BCUT2D eigenvalue weighted by atomic mass is 35.5. The van der Waals surface area contributed by atoms with Crippen molar-refractivity contribution in [1.82, 2.24) is 9.55 Å². The molecule has 0 aliphatic carbocycles. The highest BCUT2D eigenvalue weighted by Crippen LogP contribution is 2.31. The van der Waals surface area contributed by atoms with Crippen LogP contribution in [0.15, 0.2) is 24.4 Å². The van der Waals surface area contributed by atoms with Crippen LogP contribution in [0.2, 0.25) is 5.15 Å². The highest BCUT2D eigenvalue weighted by molar-refractivity contribution is 6.29. The maximum atomic E-state index is 12.1. The first-order valence-electron chi connectivity index (χ1n) is 6.30. The van der Waals surface area contributed by atoms with Crippen molar-refractivity contribution in [2.75, 3.05) is 4.90 Å². The number of fused-ring (bicyclic) bond motifs is 1. The molecule has 0 spiro atoms. The SMILES string of the molecule is Cn1c(Cl)cnc1CN1C(=O)Cc2cc(C(=O)O)ccc21. The van der Waals surface area contributed by atoms with E-state index < -0.39 is 5.97 Å². The van der Waals surface area contributed by atoms with Gasteiger partial charge in [0.15, 0.2) is 0 Å². The molecule has 2 aromatic rings. The fourth-order valence-corrected chi connectivity index (χ4v) is 2.55. The summed E-state index contributed by atoms with van der Waals surface area (Å²) in [6, 6.07) is 4.70. The van der Waals surface area contributed by atoms with Crippen molar-refractivity contribution >= 4 is 29.2 Å². The molecule has 21 heavy (non-hydrogen) atoms. The van der Waals surface area contributed by atoms with Crippen LogP contribution in [0.1, 0.15) is 21.7 Å². The molecule has 1 N–H and O–H groups in total. The third-order valence-electron chi connectivity index (χ3n) is 3.59. The van der Waals surface area contributed by atoms with Gasteiger partial charge in [0.1, 0.15) is 11.0 Å². The van der Waals surface area contributed by atoms with Gasteiger partial charge in [-0.25, -0.2) is 9.78 Å². The predicted molar refractivity (Wildman–Crippen MR) is 76.5 cm³/mol. The zero-order chi connectivity index (χ0) is 15.1. The molecule has 1 aromatic carbocycles. The number of halogens is 1. The minimum Gasteiger partial charge on any atom is -0.478 e. The van der Waals surface area contributed by atoms with Crippen molar-refractivity contribution in [3.63, 3.8) is 0 Å². The molecule has 3 rings (SSSR count). The Morgan fingerprint density at radius 2 is 2.24 bits per heavy atom. The average Bonchev–Trinajstić information content (AvgIpc) is 2.92. The number of hydrogen-bond acceptors (Lipinski definition) is 3. The number of hydrogen-bond donors (Lipinski definition) is 1. The van der Waals surface area contributed by atoms with Gasteiger partial charge in [0.05, 0.1) is 24.7 Å². The number of rotatable bonds is 3. The molecule has 0 radical (unpaired) electrons. The van der Waals surface area contributed by atoms with E-state index in [-0.39, 0.29) is 17.9 Å². The van der Waals surface area contributed by atoms with Gasteiger partial charge in [0, 0.05) is 12.7 Å². The molecule has 0 saturated heterocycles. The normalized spacial score (nSPS) is 13.6. The number of aromatic carboxylic acids is 1. The van der Waals surface area contributed by atoms with Crippen LogP contribution >= 0.6 is 11.6 Å². The smallest absolute Gasteiger partial charge is 0.335 e. The van der Waals surface area contributed by atoms with Crippen molar-refractivity contribution in [2.24, 2.45) is 7.05 Å². The van der Waals surface area contributed by atoms with Crippen molar-refractivity contribution in [2.45, 2.75) is 13.0 Å². The molecule has 0 saturated carbocycles. The Kier molecular flexibility index (Phi) is 3.17. The average molecular weight is 306 g/mol. The minimum atomic E-state index is -1.00. The number of carboxylic acid groups (broad SMARTS) is 1. The third-order valence-corrected chi connectivity index (χ3v) is 3.94. The van der Waals surface area contributed by atoms with Crippen LogP contribution < -0.4 is 4.90 Å². The maximum absolute atomic E-state index is 12.1. The molecule has 7 heteroatoms. The fourth-order valence-electron chi connectivity index (χ4n) is 2.40. The van der Waals surface area contributed by atoms with E-state index in [1.54, 1.807) is 28.6 Å². The van der Waals surface area contributed by atoms with Crippen LogP contribution in [0.5, 0.6) is 0 Å². The molecule has 0 unspecified atom stereocenters. The number of benzene rings is 1. The van der Waals surface area contributed by atoms with E-state index in [0.717, 1.165) is 11.3 Å². The molecule has 1 aliphatic heterocycles. The van der Waals surface area contributed by atoms with Gasteiger partial charge in [0.2, 0.25) is 5.91 Å². The topological polar surface area (TPSA) is 75.4 Å². The summed E-state index contributed by atoms with van der Waals surface area (Å²) in [5.74, 6) is -0.408. The first-order valence-corrected chi connectivity index (χ1v) is 6.68. The molecule has 1 amide bonds. The Hall–Kier alpha value is -2.34. The molecule has 0 bridgehead atoms. The number of imidazole rings is 1. The summed E-state index contributed by atoms with van der Waals surface area (Å²) in [5.41, 5.74) is 1.63. The number of carbonyl (C=O) groups excluding carboxylic acids is 1. The monoisotopic (exact) mass is 305 g/mol. The van der Waals surface area contributed by atoms with E-state index in [9.17, 15) is 9.59 Å². The van der Waals surface area contributed by atoms with E-state index in [4.69, 9.17) is 16.7 Å². The Bertz CT molecular complexity index is 754. The van der Waals surface area contributed by atoms with E-state index in [0.29, 0.717) is 17.5 Å². The fraction of sp³-hybridized carbons (Fsp3) is 0.214. The highest BCUT2D eigenvalue weighted by Gasteiger charge is 2.29. The van der Waals surface area contributed by atoms with Crippen LogP contribution in [0.4, 0.5) is 5.69 Å². The lowest BCUT2D eigenvalue weighted by Crippen LogP contribution is -2.27. The van der Waals surface area contributed by atoms with Crippen molar-refractivity contribution < 1.29 is 14.7 Å². The molecule has 6 nitrogen and oxygen atoms in total. The Balaban J connectivity index is 1.94. The standard InChI is InChI=1S/C14H12ClN3O3/c1-17-11(15)6-16-12(17)7-18-10-3-2-8(14(20)21)4-9(10)5-13(18)19/h2-4,6H,5,7H2,1H3,(H,20,21). The van der Waals surface area contributed by atoms with Gasteiger partial charge in [0.25, 0.3) is 0 Å². The van der Waals surface area contributed by atoms with Crippen LogP contribution in [0.25, 0.3) is 0 Å². The van der Waals surface area contributed by atoms with Gasteiger partial charge in [-0.15, -0.1) is 0 Å². The number of nitrogens with zero attached hydrogens (tertiary/aromatic N) is 3. The lowest BCUT2D eigenvalue weighted by atomic mass is 10.1. The molecular weight excluding hydrogens is 294 g/mol. The molecule has 2 heterocycles. The second-order valence-electron chi connectivity index (χ2n) is 4.86. The summed E-state index contributed by atoms with van der Waals surface area (Å²) in [6.45, 7) is 0.307. The van der Waals surface area contributed by atoms with Gasteiger partial charge in [-0.2, -0.15) is 0 Å². The first kappa shape index (κ1) is 13.6. The molecular formula is C14H12ClN3O3. The van der Waals surface area contributed by atoms with Gasteiger partial charge in [-0.3, -0.25) is 4.79 Å². The molecule has 0 fully saturated rings. The van der Waals surface area contributed by atoms with Crippen LogP contribution in [-0.4, -0.2) is 26.5 Å². The summed E-state index contributed by atoms with van der Waals surface area (Å²) in [4.78, 5) is 28.9. The second-order valence-corrected chi connectivity index (χ2v) is 5.25. The van der Waals surface area contributed by atoms with Gasteiger partial charge in [-0.1, -0.05) is 11.6 Å². The summed E-state index contributed by atoms with van der Waals surface area (Å²) in [6.07, 6.45) is 1.74. The van der Waals surface area contributed by atoms with Gasteiger partial charge in [-0.05, 0) is 23.8 Å². The molecule has 1 aromatic heterocycles. The summed E-state index contributed by atoms with van der Waals surface area (Å²) in [5, 5.41) is 9.49. The van der Waals surface area contributed by atoms with Crippen molar-refractivity contribution in [1.29, 1.82) is 0 Å². The Morgan fingerprint density at radius 3 is 2.86 bits per heavy atom. The van der Waals surface area contributed by atoms with Gasteiger partial charge >= 0.3 is 5.97 Å². The van der Waals surface area contributed by atoms with E-state index in [1.165, 1.54) is 12.3 Å². The summed E-state index contributed by atoms with van der Waals surface area (Å²) >= 11 is 5.94. The predicted octanol–water partition coefficient (Wildman–Crippen LogP) is 1.86. The third kappa shape index (κ3) is 2.27. The van der Waals surface area contributed by atoms with Crippen molar-refractivity contribution in [3.05, 3.63) is 46.5 Å². The number of carboxylic acids is 1. The molecule has 108 valence electrons. The zero-order valence-electron chi connectivity index (χ0n) is 11.2. The minimum absolute atomic E-state index is 0.0772. The molecule has 0 atom stereocenters. The molecule has 1 aliphatic rings. The Labute approximate surface area is 125 Å². The first-order chi connectivity index (χ1) is 9.97. The lowest BCUT2D eigenvalue weighted by molar-refractivity contribution is -0.117. The van der Waals surface area contributed by atoms with Crippen LogP contribution in [0, 0.1) is 0 Å². The van der Waals surface area contributed by atoms with Crippen molar-refractivity contribution in [3.8, 4) is 0 Å². The van der Waals surface area contributed by atoms with Gasteiger partial charge < -0.3 is 14.6 Å². The lowest BCUT2D eigenvalue weighted by Gasteiger charge is -2.17. The van der Waals surface area contributed by atoms with E-state index in [1.807, 2.05) is 0 Å². The number of aromatic nitrogens is 2. The Morgan fingerprint density at radius 1 is 1.48 bits per heavy atom. The summed E-state index contributed by atoms with van der Waals surface area (Å²) < 4.78 is 1.71. The largest absolute Gasteiger partial charge is 0.478 e.